The molecule has 1 aromatic rings. The van der Waals surface area contributed by atoms with E-state index in [1.165, 1.54) is 16.9 Å². The minimum Gasteiger partial charge on any atom is -0.384 e. The summed E-state index contributed by atoms with van der Waals surface area (Å²) < 4.78 is 5.35. The molecule has 1 heterocycles. The summed E-state index contributed by atoms with van der Waals surface area (Å²) in [5.41, 5.74) is 3.78. The van der Waals surface area contributed by atoms with Gasteiger partial charge in [-0.1, -0.05) is 6.07 Å². The van der Waals surface area contributed by atoms with Gasteiger partial charge in [0.25, 0.3) is 0 Å². The summed E-state index contributed by atoms with van der Waals surface area (Å²) in [5, 5.41) is 3.51. The topological polar surface area (TPSA) is 27.7 Å². The van der Waals surface area contributed by atoms with Gasteiger partial charge in [-0.3, -0.25) is 4.90 Å². The Labute approximate surface area is 116 Å². The SMILES string of the molecule is Cc1ccc(NCCN2CCOCC2)cc1N(C)C. The molecule has 0 radical (unpaired) electrons. The number of hydrogen-bond acceptors (Lipinski definition) is 4. The average Bonchev–Trinajstić information content (AvgIpc) is 2.41. The van der Waals surface area contributed by atoms with E-state index in [0.717, 1.165) is 39.4 Å². The summed E-state index contributed by atoms with van der Waals surface area (Å²) in [6.45, 7) is 8.05. The lowest BCUT2D eigenvalue weighted by atomic mass is 10.1. The van der Waals surface area contributed by atoms with Crippen LogP contribution >= 0.6 is 0 Å². The summed E-state index contributed by atoms with van der Waals surface area (Å²) in [6, 6.07) is 6.54. The molecule has 0 saturated carbocycles. The fourth-order valence-corrected chi connectivity index (χ4v) is 2.38. The molecule has 0 spiro atoms. The maximum absolute atomic E-state index is 5.35. The first kappa shape index (κ1) is 14.2. The summed E-state index contributed by atoms with van der Waals surface area (Å²) in [6.07, 6.45) is 0. The Hall–Kier alpha value is -1.26. The van der Waals surface area contributed by atoms with Crippen LogP contribution in [0.2, 0.25) is 0 Å². The van der Waals surface area contributed by atoms with Gasteiger partial charge in [-0.25, -0.2) is 0 Å². The van der Waals surface area contributed by atoms with Crippen LogP contribution in [0.4, 0.5) is 11.4 Å². The number of hydrogen-bond donors (Lipinski definition) is 1. The van der Waals surface area contributed by atoms with E-state index in [9.17, 15) is 0 Å². The second-order valence-corrected chi connectivity index (χ2v) is 5.28. The molecule has 1 N–H and O–H groups in total. The Balaban J connectivity index is 1.83. The molecule has 0 amide bonds. The number of rotatable bonds is 5. The molecule has 4 heteroatoms. The van der Waals surface area contributed by atoms with Gasteiger partial charge in [-0.15, -0.1) is 0 Å². The zero-order valence-electron chi connectivity index (χ0n) is 12.3. The lowest BCUT2D eigenvalue weighted by Gasteiger charge is -2.26. The molecule has 1 aliphatic heterocycles. The summed E-state index contributed by atoms with van der Waals surface area (Å²) in [5.74, 6) is 0. The largest absolute Gasteiger partial charge is 0.384 e. The van der Waals surface area contributed by atoms with Crippen LogP contribution in [0.25, 0.3) is 0 Å². The van der Waals surface area contributed by atoms with E-state index in [2.05, 4.69) is 54.3 Å². The predicted octanol–water partition coefficient (Wildman–Crippen LogP) is 1.81. The maximum Gasteiger partial charge on any atom is 0.0594 e. The van der Waals surface area contributed by atoms with E-state index in [1.807, 2.05) is 0 Å². The van der Waals surface area contributed by atoms with E-state index < -0.39 is 0 Å². The first-order valence-corrected chi connectivity index (χ1v) is 6.99. The van der Waals surface area contributed by atoms with Crippen LogP contribution in [-0.4, -0.2) is 58.4 Å². The van der Waals surface area contributed by atoms with Gasteiger partial charge in [0.1, 0.15) is 0 Å². The van der Waals surface area contributed by atoms with Crippen molar-refractivity contribution < 1.29 is 4.74 Å². The zero-order chi connectivity index (χ0) is 13.7. The molecule has 19 heavy (non-hydrogen) atoms. The minimum atomic E-state index is 0.870. The zero-order valence-corrected chi connectivity index (χ0v) is 12.3. The number of nitrogens with zero attached hydrogens (tertiary/aromatic N) is 2. The molecule has 4 nitrogen and oxygen atoms in total. The molecule has 0 bridgehead atoms. The summed E-state index contributed by atoms with van der Waals surface area (Å²) in [7, 11) is 4.17. The number of anilines is 2. The third kappa shape index (κ3) is 4.11. The molecule has 1 fully saturated rings. The smallest absolute Gasteiger partial charge is 0.0594 e. The van der Waals surface area contributed by atoms with Gasteiger partial charge < -0.3 is 15.0 Å². The summed E-state index contributed by atoms with van der Waals surface area (Å²) in [4.78, 5) is 4.60. The number of aryl methyl sites for hydroxylation is 1. The first-order chi connectivity index (χ1) is 9.16. The first-order valence-electron chi connectivity index (χ1n) is 6.99. The van der Waals surface area contributed by atoms with Crippen LogP contribution in [0.1, 0.15) is 5.56 Å². The van der Waals surface area contributed by atoms with E-state index in [4.69, 9.17) is 4.74 Å². The van der Waals surface area contributed by atoms with Crippen molar-refractivity contribution in [1.29, 1.82) is 0 Å². The van der Waals surface area contributed by atoms with Gasteiger partial charge in [0.15, 0.2) is 0 Å². The Morgan fingerprint density at radius 2 is 2.00 bits per heavy atom. The Morgan fingerprint density at radius 1 is 1.26 bits per heavy atom. The molecule has 106 valence electrons. The minimum absolute atomic E-state index is 0.870. The molecule has 1 saturated heterocycles. The van der Waals surface area contributed by atoms with Crippen molar-refractivity contribution >= 4 is 11.4 Å². The molecule has 0 atom stereocenters. The van der Waals surface area contributed by atoms with Crippen molar-refractivity contribution in [2.45, 2.75) is 6.92 Å². The van der Waals surface area contributed by atoms with Crippen molar-refractivity contribution in [2.24, 2.45) is 0 Å². The van der Waals surface area contributed by atoms with E-state index in [0.29, 0.717) is 0 Å². The monoisotopic (exact) mass is 263 g/mol. The van der Waals surface area contributed by atoms with Gasteiger partial charge in [0, 0.05) is 51.6 Å². The van der Waals surface area contributed by atoms with Crippen molar-refractivity contribution in [2.75, 3.05) is 63.7 Å². The number of benzene rings is 1. The lowest BCUT2D eigenvalue weighted by Crippen LogP contribution is -2.39. The fraction of sp³-hybridized carbons (Fsp3) is 0.600. The number of morpholine rings is 1. The third-order valence-corrected chi connectivity index (χ3v) is 3.55. The van der Waals surface area contributed by atoms with Crippen LogP contribution in [-0.2, 0) is 4.74 Å². The van der Waals surface area contributed by atoms with E-state index in [-0.39, 0.29) is 0 Å². The highest BCUT2D eigenvalue weighted by molar-refractivity contribution is 5.61. The van der Waals surface area contributed by atoms with Crippen molar-refractivity contribution in [1.82, 2.24) is 4.90 Å². The van der Waals surface area contributed by atoms with Gasteiger partial charge in [0.2, 0.25) is 0 Å². The van der Waals surface area contributed by atoms with Gasteiger partial charge in [0.05, 0.1) is 13.2 Å². The highest BCUT2D eigenvalue weighted by Crippen LogP contribution is 2.22. The van der Waals surface area contributed by atoms with Crippen LogP contribution in [0.5, 0.6) is 0 Å². The van der Waals surface area contributed by atoms with E-state index in [1.54, 1.807) is 0 Å². The van der Waals surface area contributed by atoms with Crippen molar-refractivity contribution in [3.63, 3.8) is 0 Å². The Kier molecular flexibility index (Phi) is 5.05. The summed E-state index contributed by atoms with van der Waals surface area (Å²) >= 11 is 0. The molecule has 1 aliphatic rings. The number of nitrogens with one attached hydrogen (secondary N) is 1. The Bertz CT molecular complexity index is 400. The van der Waals surface area contributed by atoms with E-state index >= 15 is 0 Å². The van der Waals surface area contributed by atoms with Crippen molar-refractivity contribution in [3.05, 3.63) is 23.8 Å². The van der Waals surface area contributed by atoms with Crippen LogP contribution in [0, 0.1) is 6.92 Å². The lowest BCUT2D eigenvalue weighted by molar-refractivity contribution is 0.0398. The highest BCUT2D eigenvalue weighted by Gasteiger charge is 2.09. The predicted molar refractivity (Wildman–Crippen MR) is 81.3 cm³/mol. The van der Waals surface area contributed by atoms with Gasteiger partial charge >= 0.3 is 0 Å². The molecule has 2 rings (SSSR count). The third-order valence-electron chi connectivity index (χ3n) is 3.55. The highest BCUT2D eigenvalue weighted by atomic mass is 16.5. The van der Waals surface area contributed by atoms with Gasteiger partial charge in [-0.2, -0.15) is 0 Å². The van der Waals surface area contributed by atoms with Gasteiger partial charge in [-0.05, 0) is 24.6 Å². The maximum atomic E-state index is 5.35. The molecular formula is C15H25N3O. The fourth-order valence-electron chi connectivity index (χ4n) is 2.38. The normalized spacial score (nSPS) is 16.4. The molecular weight excluding hydrogens is 238 g/mol. The standard InChI is InChI=1S/C15H25N3O/c1-13-4-5-14(12-15(13)17(2)3)16-6-7-18-8-10-19-11-9-18/h4-5,12,16H,6-11H2,1-3H3. The molecule has 1 aromatic carbocycles. The van der Waals surface area contributed by atoms with Crippen LogP contribution in [0.3, 0.4) is 0 Å². The second kappa shape index (κ2) is 6.78. The average molecular weight is 263 g/mol. The second-order valence-electron chi connectivity index (χ2n) is 5.28. The molecule has 0 unspecified atom stereocenters. The quantitative estimate of drug-likeness (QED) is 0.877. The van der Waals surface area contributed by atoms with Crippen molar-refractivity contribution in [3.8, 4) is 0 Å². The van der Waals surface area contributed by atoms with Crippen LogP contribution in [0.15, 0.2) is 18.2 Å². The van der Waals surface area contributed by atoms with Crippen LogP contribution < -0.4 is 10.2 Å². The Morgan fingerprint density at radius 3 is 2.68 bits per heavy atom. The molecule has 0 aliphatic carbocycles. The molecule has 0 aromatic heterocycles. The number of ether oxygens (including phenoxy) is 1.